The number of ether oxygens (including phenoxy) is 2. The largest absolute Gasteiger partial charge is 0.497 e. The second kappa shape index (κ2) is 6.21. The van der Waals surface area contributed by atoms with Crippen molar-refractivity contribution >= 4 is 0 Å². The summed E-state index contributed by atoms with van der Waals surface area (Å²) in [6.07, 6.45) is 3.37. The Balaban J connectivity index is 1.99. The molecular formula is C15H23NO2. The first-order valence-electron chi connectivity index (χ1n) is 6.74. The average Bonchev–Trinajstić information content (AvgIpc) is 2.87. The number of hydrogen-bond donors (Lipinski definition) is 1. The van der Waals surface area contributed by atoms with Crippen LogP contribution in [0.2, 0.25) is 0 Å². The van der Waals surface area contributed by atoms with Crippen molar-refractivity contribution in [3.63, 3.8) is 0 Å². The van der Waals surface area contributed by atoms with E-state index in [9.17, 15) is 0 Å². The summed E-state index contributed by atoms with van der Waals surface area (Å²) in [5.74, 6) is 1.38. The van der Waals surface area contributed by atoms with Crippen molar-refractivity contribution in [1.82, 2.24) is 0 Å². The molecule has 3 nitrogen and oxygen atoms in total. The van der Waals surface area contributed by atoms with E-state index in [0.29, 0.717) is 12.0 Å². The van der Waals surface area contributed by atoms with Crippen molar-refractivity contribution in [2.45, 2.75) is 38.3 Å². The van der Waals surface area contributed by atoms with Gasteiger partial charge in [-0.1, -0.05) is 19.1 Å². The zero-order valence-electron chi connectivity index (χ0n) is 11.3. The maximum absolute atomic E-state index is 6.35. The van der Waals surface area contributed by atoms with Crippen molar-refractivity contribution < 1.29 is 9.47 Å². The van der Waals surface area contributed by atoms with Crippen LogP contribution in [0.25, 0.3) is 0 Å². The first kappa shape index (κ1) is 13.4. The molecule has 1 saturated heterocycles. The molecule has 0 bridgehead atoms. The fourth-order valence-electron chi connectivity index (χ4n) is 2.80. The summed E-state index contributed by atoms with van der Waals surface area (Å²) in [6, 6.07) is 8.33. The van der Waals surface area contributed by atoms with Crippen LogP contribution in [0.5, 0.6) is 5.75 Å². The Kier molecular flexibility index (Phi) is 4.61. The minimum absolute atomic E-state index is 0.171. The minimum Gasteiger partial charge on any atom is -0.497 e. The molecule has 2 rings (SSSR count). The van der Waals surface area contributed by atoms with Crippen LogP contribution < -0.4 is 10.5 Å². The highest BCUT2D eigenvalue weighted by atomic mass is 16.5. The Bertz CT molecular complexity index is 381. The van der Waals surface area contributed by atoms with Gasteiger partial charge in [-0.05, 0) is 37.0 Å². The van der Waals surface area contributed by atoms with Crippen LogP contribution >= 0.6 is 0 Å². The SMILES string of the molecule is CCC1OCCC1C(N)Cc1cccc(OC)c1. The van der Waals surface area contributed by atoms with Gasteiger partial charge in [0.05, 0.1) is 13.2 Å². The molecule has 100 valence electrons. The number of methoxy groups -OCH3 is 1. The first-order valence-corrected chi connectivity index (χ1v) is 6.74. The summed E-state index contributed by atoms with van der Waals surface area (Å²) in [4.78, 5) is 0. The number of rotatable bonds is 5. The van der Waals surface area contributed by atoms with Gasteiger partial charge in [-0.15, -0.1) is 0 Å². The molecule has 0 radical (unpaired) electrons. The summed E-state index contributed by atoms with van der Waals surface area (Å²) in [5.41, 5.74) is 7.59. The quantitative estimate of drug-likeness (QED) is 0.871. The lowest BCUT2D eigenvalue weighted by Gasteiger charge is -2.23. The lowest BCUT2D eigenvalue weighted by atomic mass is 9.88. The second-order valence-electron chi connectivity index (χ2n) is 4.99. The highest BCUT2D eigenvalue weighted by Crippen LogP contribution is 2.27. The Hall–Kier alpha value is -1.06. The smallest absolute Gasteiger partial charge is 0.119 e. The molecule has 18 heavy (non-hydrogen) atoms. The fraction of sp³-hybridized carbons (Fsp3) is 0.600. The molecule has 0 spiro atoms. The molecule has 2 N–H and O–H groups in total. The van der Waals surface area contributed by atoms with E-state index in [1.807, 2.05) is 12.1 Å². The van der Waals surface area contributed by atoms with Gasteiger partial charge in [-0.3, -0.25) is 0 Å². The number of nitrogens with two attached hydrogens (primary N) is 1. The van der Waals surface area contributed by atoms with Gasteiger partial charge < -0.3 is 15.2 Å². The van der Waals surface area contributed by atoms with Gasteiger partial charge >= 0.3 is 0 Å². The molecule has 0 aliphatic carbocycles. The molecule has 1 aromatic carbocycles. The predicted molar refractivity (Wildman–Crippen MR) is 72.8 cm³/mol. The van der Waals surface area contributed by atoms with Gasteiger partial charge in [-0.25, -0.2) is 0 Å². The van der Waals surface area contributed by atoms with Gasteiger partial charge in [-0.2, -0.15) is 0 Å². The molecule has 0 aromatic heterocycles. The van der Waals surface area contributed by atoms with Crippen molar-refractivity contribution in [3.8, 4) is 5.75 Å². The summed E-state index contributed by atoms with van der Waals surface area (Å²) in [6.45, 7) is 3.02. The van der Waals surface area contributed by atoms with E-state index < -0.39 is 0 Å². The molecule has 1 aliphatic heterocycles. The molecule has 1 fully saturated rings. The highest BCUT2D eigenvalue weighted by molar-refractivity contribution is 5.29. The van der Waals surface area contributed by atoms with E-state index in [-0.39, 0.29) is 6.04 Å². The van der Waals surface area contributed by atoms with E-state index >= 15 is 0 Å². The highest BCUT2D eigenvalue weighted by Gasteiger charge is 2.31. The van der Waals surface area contributed by atoms with Crippen LogP contribution in [-0.2, 0) is 11.2 Å². The third-order valence-electron chi connectivity index (χ3n) is 3.82. The molecule has 0 amide bonds. The Morgan fingerprint density at radius 2 is 2.33 bits per heavy atom. The molecule has 0 saturated carbocycles. The van der Waals surface area contributed by atoms with E-state index in [2.05, 4.69) is 19.1 Å². The Morgan fingerprint density at radius 1 is 1.50 bits per heavy atom. The van der Waals surface area contributed by atoms with E-state index in [0.717, 1.165) is 31.6 Å². The maximum Gasteiger partial charge on any atom is 0.119 e. The standard InChI is InChI=1S/C15H23NO2/c1-3-15-13(7-8-18-15)14(16)10-11-5-4-6-12(9-11)17-2/h4-6,9,13-15H,3,7-8,10,16H2,1-2H3. The predicted octanol–water partition coefficient (Wildman–Crippen LogP) is 2.38. The monoisotopic (exact) mass is 249 g/mol. The molecule has 3 unspecified atom stereocenters. The zero-order chi connectivity index (χ0) is 13.0. The van der Waals surface area contributed by atoms with E-state index in [1.165, 1.54) is 5.56 Å². The summed E-state index contributed by atoms with van der Waals surface area (Å²) < 4.78 is 11.0. The molecular weight excluding hydrogens is 226 g/mol. The zero-order valence-corrected chi connectivity index (χ0v) is 11.3. The summed E-state index contributed by atoms with van der Waals surface area (Å²) in [5, 5.41) is 0. The summed E-state index contributed by atoms with van der Waals surface area (Å²) in [7, 11) is 1.69. The maximum atomic E-state index is 6.35. The molecule has 3 atom stereocenters. The van der Waals surface area contributed by atoms with E-state index in [1.54, 1.807) is 7.11 Å². The molecule has 1 aromatic rings. The topological polar surface area (TPSA) is 44.5 Å². The van der Waals surface area contributed by atoms with Gasteiger partial charge in [0, 0.05) is 18.6 Å². The third-order valence-corrected chi connectivity index (χ3v) is 3.82. The normalized spacial score (nSPS) is 25.1. The van der Waals surface area contributed by atoms with Crippen molar-refractivity contribution in [1.29, 1.82) is 0 Å². The van der Waals surface area contributed by atoms with Crippen LogP contribution in [-0.4, -0.2) is 25.9 Å². The lowest BCUT2D eigenvalue weighted by Crippen LogP contribution is -2.36. The number of benzene rings is 1. The minimum atomic E-state index is 0.171. The van der Waals surface area contributed by atoms with Crippen molar-refractivity contribution in [2.24, 2.45) is 11.7 Å². The van der Waals surface area contributed by atoms with Crippen LogP contribution in [0.4, 0.5) is 0 Å². The van der Waals surface area contributed by atoms with Crippen LogP contribution in [0.1, 0.15) is 25.3 Å². The first-order chi connectivity index (χ1) is 8.74. The average molecular weight is 249 g/mol. The Morgan fingerprint density at radius 3 is 3.06 bits per heavy atom. The van der Waals surface area contributed by atoms with E-state index in [4.69, 9.17) is 15.2 Å². The van der Waals surface area contributed by atoms with Gasteiger partial charge in [0.15, 0.2) is 0 Å². The lowest BCUT2D eigenvalue weighted by molar-refractivity contribution is 0.0814. The third kappa shape index (κ3) is 3.03. The van der Waals surface area contributed by atoms with Crippen molar-refractivity contribution in [2.75, 3.05) is 13.7 Å². The Labute approximate surface area is 109 Å². The van der Waals surface area contributed by atoms with Gasteiger partial charge in [0.1, 0.15) is 5.75 Å². The van der Waals surface area contributed by atoms with Crippen LogP contribution in [0.15, 0.2) is 24.3 Å². The molecule has 1 heterocycles. The van der Waals surface area contributed by atoms with Crippen LogP contribution in [0.3, 0.4) is 0 Å². The molecule has 1 aliphatic rings. The van der Waals surface area contributed by atoms with Crippen LogP contribution in [0, 0.1) is 5.92 Å². The van der Waals surface area contributed by atoms with Gasteiger partial charge in [0.2, 0.25) is 0 Å². The summed E-state index contributed by atoms with van der Waals surface area (Å²) >= 11 is 0. The van der Waals surface area contributed by atoms with Gasteiger partial charge in [0.25, 0.3) is 0 Å². The van der Waals surface area contributed by atoms with Crippen molar-refractivity contribution in [3.05, 3.63) is 29.8 Å². The second-order valence-corrected chi connectivity index (χ2v) is 4.99. The number of hydrogen-bond acceptors (Lipinski definition) is 3. The fourth-order valence-corrected chi connectivity index (χ4v) is 2.80. The molecule has 3 heteroatoms.